The van der Waals surface area contributed by atoms with Crippen molar-refractivity contribution < 1.29 is 0 Å². The zero-order valence-electron chi connectivity index (χ0n) is 10.4. The highest BCUT2D eigenvalue weighted by atomic mass is 14.1. The lowest BCUT2D eigenvalue weighted by molar-refractivity contribution is 0.476. The monoisotopic (exact) mass is 204 g/mol. The van der Waals surface area contributed by atoms with Crippen LogP contribution in [-0.4, -0.2) is 0 Å². The van der Waals surface area contributed by atoms with Crippen LogP contribution in [0.1, 0.15) is 52.9 Å². The van der Waals surface area contributed by atoms with Gasteiger partial charge in [-0.25, -0.2) is 0 Å². The SMILES string of the molecule is CC1=CCCCC(C)CC/C(C)=C\C=C1. The lowest BCUT2D eigenvalue weighted by Crippen LogP contribution is -1.95. The predicted octanol–water partition coefficient (Wildman–Crippen LogP) is 5.04. The summed E-state index contributed by atoms with van der Waals surface area (Å²) in [5.41, 5.74) is 2.90. The molecule has 0 aliphatic heterocycles. The van der Waals surface area contributed by atoms with Crippen LogP contribution in [0.2, 0.25) is 0 Å². The first-order valence-corrected chi connectivity index (χ1v) is 6.19. The van der Waals surface area contributed by atoms with Crippen molar-refractivity contribution in [3.05, 3.63) is 35.5 Å². The Morgan fingerprint density at radius 2 is 2.00 bits per heavy atom. The molecule has 15 heavy (non-hydrogen) atoms. The minimum atomic E-state index is 0.880. The van der Waals surface area contributed by atoms with E-state index >= 15 is 0 Å². The van der Waals surface area contributed by atoms with Crippen LogP contribution in [0.5, 0.6) is 0 Å². The first-order valence-electron chi connectivity index (χ1n) is 6.19. The van der Waals surface area contributed by atoms with E-state index < -0.39 is 0 Å². The summed E-state index contributed by atoms with van der Waals surface area (Å²) in [4.78, 5) is 0. The molecule has 0 aromatic rings. The molecule has 0 saturated carbocycles. The molecule has 0 bridgehead atoms. The molecule has 1 unspecified atom stereocenters. The van der Waals surface area contributed by atoms with Crippen molar-refractivity contribution in [3.8, 4) is 0 Å². The van der Waals surface area contributed by atoms with E-state index in [1.165, 1.54) is 43.3 Å². The minimum Gasteiger partial charge on any atom is -0.0816 e. The van der Waals surface area contributed by atoms with Crippen LogP contribution in [0.3, 0.4) is 0 Å². The zero-order valence-corrected chi connectivity index (χ0v) is 10.4. The molecular weight excluding hydrogens is 180 g/mol. The Morgan fingerprint density at radius 1 is 1.20 bits per heavy atom. The smallest absolute Gasteiger partial charge is 0.0317 e. The summed E-state index contributed by atoms with van der Waals surface area (Å²) in [6.45, 7) is 6.81. The molecule has 0 fully saturated rings. The fraction of sp³-hybridized carbons (Fsp3) is 0.600. The van der Waals surface area contributed by atoms with E-state index in [9.17, 15) is 0 Å². The third kappa shape index (κ3) is 5.61. The minimum absolute atomic E-state index is 0.880. The Bertz CT molecular complexity index is 266. The van der Waals surface area contributed by atoms with Crippen LogP contribution in [0, 0.1) is 5.92 Å². The molecule has 0 heteroatoms. The van der Waals surface area contributed by atoms with Crippen LogP contribution < -0.4 is 0 Å². The Hall–Kier alpha value is -0.780. The number of hydrogen-bond donors (Lipinski definition) is 0. The Kier molecular flexibility index (Phi) is 5.45. The summed E-state index contributed by atoms with van der Waals surface area (Å²) in [5, 5.41) is 0. The highest BCUT2D eigenvalue weighted by Crippen LogP contribution is 2.18. The van der Waals surface area contributed by atoms with E-state index in [-0.39, 0.29) is 0 Å². The molecular formula is C15H24. The molecule has 1 rings (SSSR count). The fourth-order valence-electron chi connectivity index (χ4n) is 1.93. The van der Waals surface area contributed by atoms with Crippen LogP contribution in [-0.2, 0) is 0 Å². The molecule has 1 aliphatic carbocycles. The van der Waals surface area contributed by atoms with Gasteiger partial charge in [0, 0.05) is 0 Å². The van der Waals surface area contributed by atoms with Gasteiger partial charge in [-0.3, -0.25) is 0 Å². The highest BCUT2D eigenvalue weighted by molar-refractivity contribution is 5.22. The van der Waals surface area contributed by atoms with Gasteiger partial charge in [0.25, 0.3) is 0 Å². The molecule has 0 spiro atoms. The van der Waals surface area contributed by atoms with Crippen molar-refractivity contribution >= 4 is 0 Å². The van der Waals surface area contributed by atoms with E-state index in [0.29, 0.717) is 0 Å². The maximum Gasteiger partial charge on any atom is -0.0317 e. The largest absolute Gasteiger partial charge is 0.0816 e. The Balaban J connectivity index is 2.64. The molecule has 0 amide bonds. The highest BCUT2D eigenvalue weighted by Gasteiger charge is 2.02. The van der Waals surface area contributed by atoms with Crippen LogP contribution in [0.15, 0.2) is 35.5 Å². The van der Waals surface area contributed by atoms with Gasteiger partial charge in [-0.15, -0.1) is 0 Å². The number of rotatable bonds is 0. The lowest BCUT2D eigenvalue weighted by Gasteiger charge is -2.11. The summed E-state index contributed by atoms with van der Waals surface area (Å²) in [6.07, 6.45) is 15.6. The third-order valence-corrected chi connectivity index (χ3v) is 3.14. The maximum absolute atomic E-state index is 2.38. The average molecular weight is 204 g/mol. The van der Waals surface area contributed by atoms with E-state index in [1.54, 1.807) is 0 Å². The van der Waals surface area contributed by atoms with Crippen molar-refractivity contribution in [1.82, 2.24) is 0 Å². The van der Waals surface area contributed by atoms with E-state index in [2.05, 4.69) is 45.1 Å². The zero-order chi connectivity index (χ0) is 11.1. The second kappa shape index (κ2) is 6.66. The molecule has 1 aliphatic rings. The van der Waals surface area contributed by atoms with Gasteiger partial charge in [0.15, 0.2) is 0 Å². The van der Waals surface area contributed by atoms with Gasteiger partial charge in [0.05, 0.1) is 0 Å². The molecule has 1 atom stereocenters. The van der Waals surface area contributed by atoms with Crippen molar-refractivity contribution in [3.63, 3.8) is 0 Å². The summed E-state index contributed by atoms with van der Waals surface area (Å²) in [5.74, 6) is 0.880. The van der Waals surface area contributed by atoms with E-state index in [1.807, 2.05) is 0 Å². The number of hydrogen-bond acceptors (Lipinski definition) is 0. The maximum atomic E-state index is 2.38. The lowest BCUT2D eigenvalue weighted by atomic mass is 9.95. The van der Waals surface area contributed by atoms with Crippen molar-refractivity contribution in [1.29, 1.82) is 0 Å². The van der Waals surface area contributed by atoms with Gasteiger partial charge in [-0.1, -0.05) is 48.8 Å². The predicted molar refractivity (Wildman–Crippen MR) is 68.9 cm³/mol. The Morgan fingerprint density at radius 3 is 2.80 bits per heavy atom. The molecule has 0 N–H and O–H groups in total. The molecule has 0 radical (unpaired) electrons. The van der Waals surface area contributed by atoms with Gasteiger partial charge in [-0.2, -0.15) is 0 Å². The van der Waals surface area contributed by atoms with Gasteiger partial charge in [0.1, 0.15) is 0 Å². The molecule has 84 valence electrons. The van der Waals surface area contributed by atoms with Crippen molar-refractivity contribution in [2.45, 2.75) is 52.9 Å². The second-order valence-corrected chi connectivity index (χ2v) is 4.90. The van der Waals surface area contributed by atoms with Gasteiger partial charge in [0.2, 0.25) is 0 Å². The van der Waals surface area contributed by atoms with Crippen LogP contribution in [0.4, 0.5) is 0 Å². The third-order valence-electron chi connectivity index (χ3n) is 3.14. The summed E-state index contributed by atoms with van der Waals surface area (Å²) in [6, 6.07) is 0. The second-order valence-electron chi connectivity index (χ2n) is 4.90. The summed E-state index contributed by atoms with van der Waals surface area (Å²) in [7, 11) is 0. The standard InChI is InChI=1S/C15H24/c1-13-7-4-5-8-14(2)11-12-15(3)10-6-9-13/h6-7,9-10,14H,4-5,8,11-12H2,1-3H3/b9-6?,13-7?,15-10-. The fourth-order valence-corrected chi connectivity index (χ4v) is 1.93. The molecule has 0 nitrogen and oxygen atoms in total. The van der Waals surface area contributed by atoms with Crippen LogP contribution in [0.25, 0.3) is 0 Å². The molecule has 0 aromatic heterocycles. The molecule has 0 saturated heterocycles. The first-order chi connectivity index (χ1) is 7.18. The van der Waals surface area contributed by atoms with Gasteiger partial charge < -0.3 is 0 Å². The van der Waals surface area contributed by atoms with Crippen molar-refractivity contribution in [2.75, 3.05) is 0 Å². The van der Waals surface area contributed by atoms with Gasteiger partial charge in [-0.05, 0) is 45.4 Å². The number of allylic oxidation sites excluding steroid dienone is 6. The molecule has 0 aromatic carbocycles. The topological polar surface area (TPSA) is 0 Å². The van der Waals surface area contributed by atoms with Gasteiger partial charge >= 0.3 is 0 Å². The molecule has 0 heterocycles. The van der Waals surface area contributed by atoms with E-state index in [0.717, 1.165) is 5.92 Å². The summed E-state index contributed by atoms with van der Waals surface area (Å²) >= 11 is 0. The first kappa shape index (κ1) is 12.3. The Labute approximate surface area is 94.8 Å². The summed E-state index contributed by atoms with van der Waals surface area (Å²) < 4.78 is 0. The average Bonchev–Trinajstić information content (AvgIpc) is 2.20. The van der Waals surface area contributed by atoms with Crippen molar-refractivity contribution in [2.24, 2.45) is 5.92 Å². The quantitative estimate of drug-likeness (QED) is 0.519. The van der Waals surface area contributed by atoms with E-state index in [4.69, 9.17) is 0 Å². The normalized spacial score (nSPS) is 28.3. The van der Waals surface area contributed by atoms with Crippen LogP contribution >= 0.6 is 0 Å².